The molecule has 23 heavy (non-hydrogen) atoms. The van der Waals surface area contributed by atoms with E-state index in [4.69, 9.17) is 9.47 Å². The van der Waals surface area contributed by atoms with Crippen molar-refractivity contribution >= 4 is 22.7 Å². The monoisotopic (exact) mass is 333 g/mol. The van der Waals surface area contributed by atoms with E-state index in [0.29, 0.717) is 22.4 Å². The standard InChI is InChI=1S/C17H13F2NO2S/c1-21-15-7-5-13-11(4-8-16(20-13)23-2)17(15)22-14-6-3-10(18)9-12(14)19/h3-9H,1-2H3. The first-order valence-electron chi connectivity index (χ1n) is 6.77. The minimum atomic E-state index is -0.780. The maximum absolute atomic E-state index is 13.9. The van der Waals surface area contributed by atoms with Gasteiger partial charge in [-0.1, -0.05) is 0 Å². The SMILES string of the molecule is COc1ccc2nc(SC)ccc2c1Oc1ccc(F)cc1F. The van der Waals surface area contributed by atoms with Crippen molar-refractivity contribution in [2.75, 3.05) is 13.4 Å². The van der Waals surface area contributed by atoms with Gasteiger partial charge >= 0.3 is 0 Å². The topological polar surface area (TPSA) is 31.4 Å². The van der Waals surface area contributed by atoms with E-state index in [-0.39, 0.29) is 5.75 Å². The second-order valence-corrected chi connectivity index (χ2v) is 5.52. The van der Waals surface area contributed by atoms with Gasteiger partial charge in [-0.15, -0.1) is 11.8 Å². The summed E-state index contributed by atoms with van der Waals surface area (Å²) in [5.74, 6) is -0.731. The van der Waals surface area contributed by atoms with Gasteiger partial charge in [0.25, 0.3) is 0 Å². The fourth-order valence-electron chi connectivity index (χ4n) is 2.19. The molecule has 3 aromatic rings. The molecule has 0 saturated carbocycles. The van der Waals surface area contributed by atoms with Gasteiger partial charge in [0.2, 0.25) is 0 Å². The van der Waals surface area contributed by atoms with Crippen LogP contribution in [0, 0.1) is 11.6 Å². The van der Waals surface area contributed by atoms with Gasteiger partial charge in [-0.25, -0.2) is 13.8 Å². The highest BCUT2D eigenvalue weighted by molar-refractivity contribution is 7.98. The number of hydrogen-bond acceptors (Lipinski definition) is 4. The lowest BCUT2D eigenvalue weighted by molar-refractivity contribution is 0.373. The fourth-order valence-corrected chi connectivity index (χ4v) is 2.58. The minimum Gasteiger partial charge on any atom is -0.493 e. The van der Waals surface area contributed by atoms with E-state index in [1.54, 1.807) is 6.07 Å². The number of halogens is 2. The van der Waals surface area contributed by atoms with E-state index < -0.39 is 11.6 Å². The molecule has 0 aliphatic rings. The molecular formula is C17H13F2NO2S. The smallest absolute Gasteiger partial charge is 0.178 e. The molecule has 0 aliphatic heterocycles. The van der Waals surface area contributed by atoms with Gasteiger partial charge in [-0.05, 0) is 42.7 Å². The van der Waals surface area contributed by atoms with Crippen LogP contribution >= 0.6 is 11.8 Å². The quantitative estimate of drug-likeness (QED) is 0.626. The molecular weight excluding hydrogens is 320 g/mol. The van der Waals surface area contributed by atoms with E-state index in [0.717, 1.165) is 17.2 Å². The van der Waals surface area contributed by atoms with Crippen LogP contribution in [0.3, 0.4) is 0 Å². The second-order valence-electron chi connectivity index (χ2n) is 4.69. The molecule has 0 bridgehead atoms. The maximum Gasteiger partial charge on any atom is 0.178 e. The number of ether oxygens (including phenoxy) is 2. The Labute approximate surface area is 136 Å². The Balaban J connectivity index is 2.13. The Morgan fingerprint density at radius 3 is 2.48 bits per heavy atom. The number of hydrogen-bond donors (Lipinski definition) is 0. The Hall–Kier alpha value is -2.34. The summed E-state index contributed by atoms with van der Waals surface area (Å²) in [6, 6.07) is 10.4. The van der Waals surface area contributed by atoms with Crippen LogP contribution in [-0.2, 0) is 0 Å². The molecule has 1 aromatic heterocycles. The van der Waals surface area contributed by atoms with Gasteiger partial charge in [-0.2, -0.15) is 0 Å². The van der Waals surface area contributed by atoms with Crippen molar-refractivity contribution in [1.82, 2.24) is 4.98 Å². The zero-order chi connectivity index (χ0) is 16.4. The van der Waals surface area contributed by atoms with Gasteiger partial charge in [0.05, 0.1) is 17.7 Å². The molecule has 3 rings (SSSR count). The third kappa shape index (κ3) is 3.07. The van der Waals surface area contributed by atoms with Crippen LogP contribution in [0.2, 0.25) is 0 Å². The number of pyridine rings is 1. The highest BCUT2D eigenvalue weighted by atomic mass is 32.2. The van der Waals surface area contributed by atoms with Crippen LogP contribution in [0.15, 0.2) is 47.5 Å². The molecule has 0 aliphatic carbocycles. The van der Waals surface area contributed by atoms with E-state index in [1.807, 2.05) is 24.5 Å². The third-order valence-electron chi connectivity index (χ3n) is 3.30. The first kappa shape index (κ1) is 15.6. The summed E-state index contributed by atoms with van der Waals surface area (Å²) in [4.78, 5) is 4.48. The lowest BCUT2D eigenvalue weighted by Gasteiger charge is -2.13. The lowest BCUT2D eigenvalue weighted by atomic mass is 10.2. The van der Waals surface area contributed by atoms with Crippen molar-refractivity contribution < 1.29 is 18.3 Å². The number of nitrogens with zero attached hydrogens (tertiary/aromatic N) is 1. The Morgan fingerprint density at radius 1 is 1.00 bits per heavy atom. The predicted molar refractivity (Wildman–Crippen MR) is 86.5 cm³/mol. The molecule has 0 unspecified atom stereocenters. The summed E-state index contributed by atoms with van der Waals surface area (Å²) in [6.45, 7) is 0. The summed E-state index contributed by atoms with van der Waals surface area (Å²) in [6.07, 6.45) is 1.93. The Bertz CT molecular complexity index is 871. The molecule has 6 heteroatoms. The summed E-state index contributed by atoms with van der Waals surface area (Å²) in [5.41, 5.74) is 0.704. The molecule has 0 amide bonds. The van der Waals surface area contributed by atoms with Crippen LogP contribution < -0.4 is 9.47 Å². The number of thioether (sulfide) groups is 1. The van der Waals surface area contributed by atoms with Crippen molar-refractivity contribution in [1.29, 1.82) is 0 Å². The number of aromatic nitrogens is 1. The highest BCUT2D eigenvalue weighted by Gasteiger charge is 2.15. The van der Waals surface area contributed by atoms with Crippen LogP contribution in [0.25, 0.3) is 10.9 Å². The third-order valence-corrected chi connectivity index (χ3v) is 3.94. The second kappa shape index (κ2) is 6.42. The summed E-state index contributed by atoms with van der Waals surface area (Å²) in [7, 11) is 1.50. The van der Waals surface area contributed by atoms with E-state index in [2.05, 4.69) is 4.98 Å². The molecule has 0 radical (unpaired) electrons. The highest BCUT2D eigenvalue weighted by Crippen LogP contribution is 2.39. The van der Waals surface area contributed by atoms with Crippen LogP contribution in [0.5, 0.6) is 17.2 Å². The average molecular weight is 333 g/mol. The average Bonchev–Trinajstić information content (AvgIpc) is 2.56. The van der Waals surface area contributed by atoms with Crippen LogP contribution in [0.4, 0.5) is 8.78 Å². The lowest BCUT2D eigenvalue weighted by Crippen LogP contribution is -1.95. The molecule has 3 nitrogen and oxygen atoms in total. The Kier molecular flexibility index (Phi) is 4.34. The zero-order valence-corrected chi connectivity index (χ0v) is 13.3. The van der Waals surface area contributed by atoms with Gasteiger partial charge in [0, 0.05) is 11.5 Å². The molecule has 0 atom stereocenters. The van der Waals surface area contributed by atoms with Crippen LogP contribution in [0.1, 0.15) is 0 Å². The summed E-state index contributed by atoms with van der Waals surface area (Å²) < 4.78 is 37.9. The number of methoxy groups -OCH3 is 1. The van der Waals surface area contributed by atoms with Gasteiger partial charge in [0.15, 0.2) is 23.1 Å². The van der Waals surface area contributed by atoms with E-state index in [9.17, 15) is 8.78 Å². The van der Waals surface area contributed by atoms with E-state index in [1.165, 1.54) is 24.9 Å². The predicted octanol–water partition coefficient (Wildman–Crippen LogP) is 5.04. The van der Waals surface area contributed by atoms with Crippen molar-refractivity contribution in [3.05, 3.63) is 54.1 Å². The first-order valence-corrected chi connectivity index (χ1v) is 7.99. The van der Waals surface area contributed by atoms with Gasteiger partial charge in [-0.3, -0.25) is 0 Å². The molecule has 0 saturated heterocycles. The van der Waals surface area contributed by atoms with Crippen molar-refractivity contribution in [3.63, 3.8) is 0 Å². The molecule has 2 aromatic carbocycles. The minimum absolute atomic E-state index is 0.0776. The molecule has 118 valence electrons. The number of benzene rings is 2. The normalized spacial score (nSPS) is 10.8. The maximum atomic E-state index is 13.9. The van der Waals surface area contributed by atoms with Crippen molar-refractivity contribution in [3.8, 4) is 17.2 Å². The fraction of sp³-hybridized carbons (Fsp3) is 0.118. The number of rotatable bonds is 4. The van der Waals surface area contributed by atoms with Crippen LogP contribution in [-0.4, -0.2) is 18.3 Å². The van der Waals surface area contributed by atoms with Crippen molar-refractivity contribution in [2.45, 2.75) is 5.03 Å². The van der Waals surface area contributed by atoms with E-state index >= 15 is 0 Å². The molecule has 0 spiro atoms. The van der Waals surface area contributed by atoms with Crippen molar-refractivity contribution in [2.24, 2.45) is 0 Å². The first-order chi connectivity index (χ1) is 11.1. The summed E-state index contributed by atoms with van der Waals surface area (Å²) >= 11 is 1.52. The number of fused-ring (bicyclic) bond motifs is 1. The Morgan fingerprint density at radius 2 is 1.78 bits per heavy atom. The molecule has 0 fully saturated rings. The molecule has 1 heterocycles. The largest absolute Gasteiger partial charge is 0.493 e. The zero-order valence-electron chi connectivity index (χ0n) is 12.5. The van der Waals surface area contributed by atoms with Gasteiger partial charge < -0.3 is 9.47 Å². The van der Waals surface area contributed by atoms with Gasteiger partial charge in [0.1, 0.15) is 5.82 Å². The summed E-state index contributed by atoms with van der Waals surface area (Å²) in [5, 5.41) is 1.55. The molecule has 0 N–H and O–H groups in total.